The quantitative estimate of drug-likeness (QED) is 0.812. The number of piperazine rings is 1. The van der Waals surface area contributed by atoms with Gasteiger partial charge >= 0.3 is 0 Å². The minimum absolute atomic E-state index is 0.115. The third kappa shape index (κ3) is 3.87. The predicted octanol–water partition coefficient (Wildman–Crippen LogP) is 3.55. The van der Waals surface area contributed by atoms with Crippen LogP contribution in [0.15, 0.2) is 53.4 Å². The third-order valence-corrected chi connectivity index (χ3v) is 6.88. The van der Waals surface area contributed by atoms with Gasteiger partial charge in [0.15, 0.2) is 0 Å². The van der Waals surface area contributed by atoms with E-state index in [-0.39, 0.29) is 10.9 Å². The van der Waals surface area contributed by atoms with E-state index in [4.69, 9.17) is 11.6 Å². The summed E-state index contributed by atoms with van der Waals surface area (Å²) in [4.78, 5) is 2.35. The molecule has 1 fully saturated rings. The molecule has 2 aromatic rings. The Morgan fingerprint density at radius 2 is 1.60 bits per heavy atom. The zero-order chi connectivity index (χ0) is 18.0. The lowest BCUT2D eigenvalue weighted by molar-refractivity contribution is 0.146. The van der Waals surface area contributed by atoms with Crippen molar-refractivity contribution in [3.63, 3.8) is 0 Å². The molecule has 0 unspecified atom stereocenters. The summed E-state index contributed by atoms with van der Waals surface area (Å²) in [6, 6.07) is 12.8. The number of hydrogen-bond donors (Lipinski definition) is 0. The first kappa shape index (κ1) is 18.3. The van der Waals surface area contributed by atoms with Crippen LogP contribution in [0.1, 0.15) is 18.5 Å². The molecule has 0 radical (unpaired) electrons. The number of sulfonamides is 1. The van der Waals surface area contributed by atoms with Crippen LogP contribution in [-0.4, -0.2) is 43.8 Å². The average Bonchev–Trinajstić information content (AvgIpc) is 2.62. The van der Waals surface area contributed by atoms with Crippen molar-refractivity contribution in [2.75, 3.05) is 26.2 Å². The Morgan fingerprint density at radius 3 is 2.20 bits per heavy atom. The second kappa shape index (κ2) is 7.41. The summed E-state index contributed by atoms with van der Waals surface area (Å²) in [5.74, 6) is -0.447. The standard InChI is InChI=1S/C18H20ClFN2O2S/c1-14(17-4-2-3-5-18(17)19)21-10-12-22(13-11-21)25(23,24)16-8-6-15(20)7-9-16/h2-9,14H,10-13H2,1H3/t14-/m1/s1. The number of hydrogen-bond acceptors (Lipinski definition) is 3. The van der Waals surface area contributed by atoms with Crippen molar-refractivity contribution in [3.05, 3.63) is 64.9 Å². The Bertz CT molecular complexity index is 834. The largest absolute Gasteiger partial charge is 0.294 e. The maximum absolute atomic E-state index is 13.0. The van der Waals surface area contributed by atoms with Gasteiger partial charge in [-0.2, -0.15) is 4.31 Å². The highest BCUT2D eigenvalue weighted by Gasteiger charge is 2.30. The summed E-state index contributed by atoms with van der Waals surface area (Å²) < 4.78 is 39.8. The van der Waals surface area contributed by atoms with Gasteiger partial charge < -0.3 is 0 Å². The Balaban J connectivity index is 1.69. The van der Waals surface area contributed by atoms with Gasteiger partial charge in [-0.05, 0) is 42.8 Å². The van der Waals surface area contributed by atoms with Crippen molar-refractivity contribution < 1.29 is 12.8 Å². The van der Waals surface area contributed by atoms with E-state index in [9.17, 15) is 12.8 Å². The summed E-state index contributed by atoms with van der Waals surface area (Å²) in [5, 5.41) is 0.719. The maximum Gasteiger partial charge on any atom is 0.243 e. The molecule has 1 aliphatic rings. The smallest absolute Gasteiger partial charge is 0.243 e. The van der Waals surface area contributed by atoms with Gasteiger partial charge in [0.2, 0.25) is 10.0 Å². The Labute approximate surface area is 152 Å². The number of nitrogens with zero attached hydrogens (tertiary/aromatic N) is 2. The zero-order valence-electron chi connectivity index (χ0n) is 13.9. The molecule has 3 rings (SSSR count). The topological polar surface area (TPSA) is 40.6 Å². The van der Waals surface area contributed by atoms with Crippen LogP contribution in [0.3, 0.4) is 0 Å². The van der Waals surface area contributed by atoms with Crippen LogP contribution in [0.4, 0.5) is 4.39 Å². The van der Waals surface area contributed by atoms with Crippen LogP contribution in [0.5, 0.6) is 0 Å². The van der Waals surface area contributed by atoms with Crippen molar-refractivity contribution in [3.8, 4) is 0 Å². The highest BCUT2D eigenvalue weighted by atomic mass is 35.5. The van der Waals surface area contributed by atoms with Gasteiger partial charge in [0.05, 0.1) is 4.90 Å². The normalized spacial score (nSPS) is 18.2. The van der Waals surface area contributed by atoms with Crippen molar-refractivity contribution in [1.29, 1.82) is 0 Å². The van der Waals surface area contributed by atoms with E-state index < -0.39 is 15.8 Å². The Hall–Kier alpha value is -1.47. The highest BCUT2D eigenvalue weighted by Crippen LogP contribution is 2.28. The molecule has 2 aromatic carbocycles. The van der Waals surface area contributed by atoms with Gasteiger partial charge in [-0.1, -0.05) is 29.8 Å². The van der Waals surface area contributed by atoms with Crippen molar-refractivity contribution in [2.24, 2.45) is 0 Å². The van der Waals surface area contributed by atoms with Crippen molar-refractivity contribution in [1.82, 2.24) is 9.21 Å². The van der Waals surface area contributed by atoms with Crippen LogP contribution >= 0.6 is 11.6 Å². The van der Waals surface area contributed by atoms with Gasteiger partial charge in [0, 0.05) is 37.2 Å². The molecule has 0 N–H and O–H groups in total. The lowest BCUT2D eigenvalue weighted by atomic mass is 10.1. The van der Waals surface area contributed by atoms with E-state index in [1.807, 2.05) is 24.3 Å². The second-order valence-electron chi connectivity index (χ2n) is 6.09. The highest BCUT2D eigenvalue weighted by molar-refractivity contribution is 7.89. The minimum atomic E-state index is -3.59. The summed E-state index contributed by atoms with van der Waals surface area (Å²) in [7, 11) is -3.59. The molecular formula is C18H20ClFN2O2S. The minimum Gasteiger partial charge on any atom is -0.294 e. The predicted molar refractivity (Wildman–Crippen MR) is 96.6 cm³/mol. The molecule has 0 aliphatic carbocycles. The fourth-order valence-corrected chi connectivity index (χ4v) is 4.81. The number of halogens is 2. The van der Waals surface area contributed by atoms with Gasteiger partial charge in [-0.3, -0.25) is 4.90 Å². The van der Waals surface area contributed by atoms with Crippen LogP contribution in [0.2, 0.25) is 5.02 Å². The lowest BCUT2D eigenvalue weighted by Crippen LogP contribution is -2.49. The van der Waals surface area contributed by atoms with Gasteiger partial charge in [0.1, 0.15) is 5.82 Å². The van der Waals surface area contributed by atoms with Gasteiger partial charge in [0.25, 0.3) is 0 Å². The summed E-state index contributed by atoms with van der Waals surface area (Å²) in [5.41, 5.74) is 1.04. The van der Waals surface area contributed by atoms with Crippen LogP contribution in [0, 0.1) is 5.82 Å². The van der Waals surface area contributed by atoms with Gasteiger partial charge in [-0.15, -0.1) is 0 Å². The molecular weight excluding hydrogens is 363 g/mol. The van der Waals surface area contributed by atoms with E-state index in [0.717, 1.165) is 10.6 Å². The molecule has 0 saturated carbocycles. The van der Waals surface area contributed by atoms with Crippen molar-refractivity contribution in [2.45, 2.75) is 17.9 Å². The summed E-state index contributed by atoms with van der Waals surface area (Å²) in [6.07, 6.45) is 0. The number of rotatable bonds is 4. The fraction of sp³-hybridized carbons (Fsp3) is 0.333. The number of benzene rings is 2. The first-order chi connectivity index (χ1) is 11.9. The third-order valence-electron chi connectivity index (χ3n) is 4.63. The Morgan fingerprint density at radius 1 is 1.00 bits per heavy atom. The van der Waals surface area contributed by atoms with E-state index in [1.54, 1.807) is 0 Å². The zero-order valence-corrected chi connectivity index (χ0v) is 15.5. The molecule has 0 amide bonds. The van der Waals surface area contributed by atoms with Crippen LogP contribution in [0.25, 0.3) is 0 Å². The maximum atomic E-state index is 13.0. The molecule has 0 spiro atoms. The molecule has 0 aromatic heterocycles. The first-order valence-electron chi connectivity index (χ1n) is 8.14. The first-order valence-corrected chi connectivity index (χ1v) is 9.95. The van der Waals surface area contributed by atoms with Crippen LogP contribution in [-0.2, 0) is 10.0 Å². The summed E-state index contributed by atoms with van der Waals surface area (Å²) >= 11 is 6.27. The molecule has 1 heterocycles. The second-order valence-corrected chi connectivity index (χ2v) is 8.44. The van der Waals surface area contributed by atoms with E-state index >= 15 is 0 Å². The van der Waals surface area contributed by atoms with E-state index in [1.165, 1.54) is 28.6 Å². The fourth-order valence-electron chi connectivity index (χ4n) is 3.10. The van der Waals surface area contributed by atoms with E-state index in [0.29, 0.717) is 26.2 Å². The van der Waals surface area contributed by atoms with E-state index in [2.05, 4.69) is 11.8 Å². The average molecular weight is 383 g/mol. The molecule has 1 saturated heterocycles. The molecule has 134 valence electrons. The molecule has 1 atom stereocenters. The molecule has 0 bridgehead atoms. The van der Waals surface area contributed by atoms with Crippen LogP contribution < -0.4 is 0 Å². The molecule has 1 aliphatic heterocycles. The molecule has 4 nitrogen and oxygen atoms in total. The Kier molecular flexibility index (Phi) is 5.43. The van der Waals surface area contributed by atoms with Crippen molar-refractivity contribution >= 4 is 21.6 Å². The summed E-state index contributed by atoms with van der Waals surface area (Å²) in [6.45, 7) is 4.11. The monoisotopic (exact) mass is 382 g/mol. The molecule has 7 heteroatoms. The van der Waals surface area contributed by atoms with Gasteiger partial charge in [-0.25, -0.2) is 12.8 Å². The molecule has 25 heavy (non-hydrogen) atoms. The lowest BCUT2D eigenvalue weighted by Gasteiger charge is -2.37. The SMILES string of the molecule is C[C@H](c1ccccc1Cl)N1CCN(S(=O)(=O)c2ccc(F)cc2)CC1.